The Balaban J connectivity index is 3.58. The Bertz CT molecular complexity index is 1520. The van der Waals surface area contributed by atoms with E-state index in [-0.39, 0.29) is 12.5 Å². The monoisotopic (exact) mass is 1050 g/mol. The number of unbranched alkanes of at least 4 members (excludes halogenated alkanes) is 31. The van der Waals surface area contributed by atoms with Crippen LogP contribution in [0.25, 0.3) is 0 Å². The van der Waals surface area contributed by atoms with Gasteiger partial charge in [-0.15, -0.1) is 0 Å². The molecule has 0 fully saturated rings. The maximum absolute atomic E-state index is 12.5. The molecule has 434 valence electrons. The second-order valence-electron chi connectivity index (χ2n) is 21.4. The first-order valence-corrected chi connectivity index (χ1v) is 32.4. The first-order valence-electron chi connectivity index (χ1n) is 32.4. The molecule has 4 nitrogen and oxygen atoms in total. The second-order valence-corrected chi connectivity index (χ2v) is 21.4. The largest absolute Gasteiger partial charge is 0.394 e. The van der Waals surface area contributed by atoms with Gasteiger partial charge in [0.1, 0.15) is 0 Å². The first kappa shape index (κ1) is 72.5. The van der Waals surface area contributed by atoms with Crippen LogP contribution in [0.2, 0.25) is 0 Å². The van der Waals surface area contributed by atoms with Gasteiger partial charge in [0.25, 0.3) is 0 Å². The molecule has 0 aromatic rings. The number of hydrogen-bond donors (Lipinski definition) is 3. The van der Waals surface area contributed by atoms with E-state index in [0.717, 1.165) is 89.9 Å². The zero-order chi connectivity index (χ0) is 54.8. The molecule has 3 N–H and O–H groups in total. The molecule has 0 bridgehead atoms. The summed E-state index contributed by atoms with van der Waals surface area (Å²) < 4.78 is 0. The van der Waals surface area contributed by atoms with Crippen molar-refractivity contribution < 1.29 is 15.0 Å². The number of aliphatic hydroxyl groups excluding tert-OH is 2. The third-order valence-electron chi connectivity index (χ3n) is 14.1. The van der Waals surface area contributed by atoms with Crippen molar-refractivity contribution in [3.63, 3.8) is 0 Å². The summed E-state index contributed by atoms with van der Waals surface area (Å²) in [5.41, 5.74) is 0. The molecule has 0 saturated carbocycles. The molecular formula is C72H123NO3. The van der Waals surface area contributed by atoms with Crippen LogP contribution in [0.4, 0.5) is 0 Å². The Morgan fingerprint density at radius 3 is 0.921 bits per heavy atom. The van der Waals surface area contributed by atoms with Crippen LogP contribution < -0.4 is 5.32 Å². The van der Waals surface area contributed by atoms with Gasteiger partial charge >= 0.3 is 0 Å². The predicted octanol–water partition coefficient (Wildman–Crippen LogP) is 22.1. The minimum absolute atomic E-state index is 0.0774. The van der Waals surface area contributed by atoms with Gasteiger partial charge in [0.05, 0.1) is 18.8 Å². The fourth-order valence-electron chi connectivity index (χ4n) is 9.25. The molecule has 0 saturated heterocycles. The molecule has 0 aliphatic rings. The summed E-state index contributed by atoms with van der Waals surface area (Å²) in [6.45, 7) is 4.20. The topological polar surface area (TPSA) is 69.6 Å². The lowest BCUT2D eigenvalue weighted by Gasteiger charge is -2.19. The van der Waals surface area contributed by atoms with Gasteiger partial charge in [-0.05, 0) is 103 Å². The maximum Gasteiger partial charge on any atom is 0.220 e. The zero-order valence-corrected chi connectivity index (χ0v) is 50.0. The summed E-state index contributed by atoms with van der Waals surface area (Å²) >= 11 is 0. The zero-order valence-electron chi connectivity index (χ0n) is 50.0. The van der Waals surface area contributed by atoms with E-state index in [4.69, 9.17) is 0 Å². The number of aliphatic hydroxyl groups is 2. The van der Waals surface area contributed by atoms with Gasteiger partial charge in [-0.1, -0.05) is 321 Å². The van der Waals surface area contributed by atoms with Crippen molar-refractivity contribution in [1.29, 1.82) is 0 Å². The summed E-state index contributed by atoms with van der Waals surface area (Å²) in [6, 6.07) is -0.649. The number of hydrogen-bond acceptors (Lipinski definition) is 3. The first-order chi connectivity index (χ1) is 37.7. The number of carbonyl (C=O) groups is 1. The third-order valence-corrected chi connectivity index (χ3v) is 14.1. The Morgan fingerprint density at radius 2 is 0.592 bits per heavy atom. The van der Waals surface area contributed by atoms with Crippen molar-refractivity contribution in [2.45, 2.75) is 309 Å². The molecule has 0 heterocycles. The summed E-state index contributed by atoms with van der Waals surface area (Å²) in [7, 11) is 0. The number of rotatable bonds is 58. The van der Waals surface area contributed by atoms with E-state index in [1.807, 2.05) is 6.08 Å². The number of nitrogens with one attached hydrogen (secondary N) is 1. The van der Waals surface area contributed by atoms with Crippen molar-refractivity contribution in [3.05, 3.63) is 134 Å². The SMILES string of the molecule is CC/C=C\C/C=C\C/C=C\C/C=C\C/C=C\C/C=C\C/C=C\C/C=C\C/C=C\CCCCCCCCCCCCCCCC(=O)NC(CO)C(O)/C=C/CC/C=C/CCCCCCCCCCCCCCCCCCC. The minimum Gasteiger partial charge on any atom is -0.394 e. The van der Waals surface area contributed by atoms with Crippen LogP contribution >= 0.6 is 0 Å². The summed E-state index contributed by atoms with van der Waals surface area (Å²) in [4.78, 5) is 12.5. The molecule has 0 radical (unpaired) electrons. The lowest BCUT2D eigenvalue weighted by atomic mass is 10.0. The van der Waals surface area contributed by atoms with Crippen LogP contribution in [-0.4, -0.2) is 34.9 Å². The van der Waals surface area contributed by atoms with E-state index in [1.54, 1.807) is 6.08 Å². The normalized spacial score (nSPS) is 13.7. The van der Waals surface area contributed by atoms with Crippen LogP contribution in [0.5, 0.6) is 0 Å². The maximum atomic E-state index is 12.5. The van der Waals surface area contributed by atoms with E-state index in [0.29, 0.717) is 6.42 Å². The van der Waals surface area contributed by atoms with Gasteiger partial charge in [-0.2, -0.15) is 0 Å². The van der Waals surface area contributed by atoms with Crippen LogP contribution in [0.1, 0.15) is 296 Å². The van der Waals surface area contributed by atoms with E-state index in [9.17, 15) is 15.0 Å². The highest BCUT2D eigenvalue weighted by Crippen LogP contribution is 2.16. The molecule has 76 heavy (non-hydrogen) atoms. The van der Waals surface area contributed by atoms with Crippen molar-refractivity contribution >= 4 is 5.91 Å². The Morgan fingerprint density at radius 1 is 0.329 bits per heavy atom. The summed E-state index contributed by atoms with van der Waals surface area (Å²) in [5, 5.41) is 23.2. The predicted molar refractivity (Wildman–Crippen MR) is 340 cm³/mol. The molecule has 0 aliphatic carbocycles. The highest BCUT2D eigenvalue weighted by atomic mass is 16.3. The van der Waals surface area contributed by atoms with Crippen LogP contribution in [-0.2, 0) is 4.79 Å². The number of allylic oxidation sites excluding steroid dienone is 21. The molecular weight excluding hydrogens is 927 g/mol. The minimum atomic E-state index is -0.871. The fraction of sp³-hybridized carbons (Fsp3) is 0.681. The molecule has 0 aliphatic heterocycles. The lowest BCUT2D eigenvalue weighted by molar-refractivity contribution is -0.123. The lowest BCUT2D eigenvalue weighted by Crippen LogP contribution is -2.45. The average molecular weight is 1050 g/mol. The molecule has 2 unspecified atom stereocenters. The van der Waals surface area contributed by atoms with Gasteiger partial charge in [0.15, 0.2) is 0 Å². The molecule has 1 amide bonds. The van der Waals surface area contributed by atoms with Gasteiger partial charge in [-0.25, -0.2) is 0 Å². The van der Waals surface area contributed by atoms with Gasteiger partial charge in [0.2, 0.25) is 5.91 Å². The fourth-order valence-corrected chi connectivity index (χ4v) is 9.25. The van der Waals surface area contributed by atoms with Crippen molar-refractivity contribution in [2.75, 3.05) is 6.61 Å². The molecule has 2 atom stereocenters. The smallest absolute Gasteiger partial charge is 0.220 e. The van der Waals surface area contributed by atoms with E-state index >= 15 is 0 Å². The Labute approximate surface area is 472 Å². The molecule has 4 heteroatoms. The summed E-state index contributed by atoms with van der Waals surface area (Å²) in [6.07, 6.45) is 102. The van der Waals surface area contributed by atoms with Crippen molar-refractivity contribution in [1.82, 2.24) is 5.32 Å². The molecule has 0 spiro atoms. The number of amides is 1. The summed E-state index contributed by atoms with van der Waals surface area (Å²) in [5.74, 6) is -0.0774. The second kappa shape index (κ2) is 65.8. The highest BCUT2D eigenvalue weighted by Gasteiger charge is 2.18. The highest BCUT2D eigenvalue weighted by molar-refractivity contribution is 5.76. The van der Waals surface area contributed by atoms with Gasteiger partial charge in [0, 0.05) is 6.42 Å². The Hall–Kier alpha value is -3.47. The molecule has 0 aromatic carbocycles. The van der Waals surface area contributed by atoms with E-state index in [1.165, 1.54) is 186 Å². The van der Waals surface area contributed by atoms with Gasteiger partial charge < -0.3 is 15.5 Å². The van der Waals surface area contributed by atoms with Crippen LogP contribution in [0.15, 0.2) is 134 Å². The quantitative estimate of drug-likeness (QED) is 0.0420. The number of carbonyl (C=O) groups excluding carboxylic acids is 1. The molecule has 0 aromatic heterocycles. The standard InChI is InChI=1S/C72H123NO3/c1-3-5-7-9-11-13-15-17-19-21-23-25-27-28-29-30-31-32-33-34-35-36-37-38-39-40-41-42-43-44-46-48-50-52-54-56-58-60-62-64-66-68-72(76)73-70(69-74)71(75)67-65-63-61-59-57-55-53-51-49-47-45-26-24-22-20-18-16-14-12-10-8-6-4-2/h5,7,11,13,17,19,23,25,28-29,31-32,34-35,37-38,40-41,57,59,65,67,70-71,74-75H,3-4,6,8-10,12,14-16,18,20-22,24,26-27,30,33,36,39,42-56,58,60-64,66,68-69H2,1-2H3,(H,73,76)/b7-5-,13-11-,19-17-,25-23-,29-28-,32-31-,35-34-,38-37-,41-40-,59-57+,67-65+. The molecule has 0 rings (SSSR count). The average Bonchev–Trinajstić information content (AvgIpc) is 3.42. The Kier molecular flexibility index (Phi) is 62.8. The van der Waals surface area contributed by atoms with E-state index < -0.39 is 12.1 Å². The van der Waals surface area contributed by atoms with Gasteiger partial charge in [-0.3, -0.25) is 4.79 Å². The van der Waals surface area contributed by atoms with Crippen LogP contribution in [0, 0.1) is 0 Å². The van der Waals surface area contributed by atoms with Crippen molar-refractivity contribution in [2.24, 2.45) is 0 Å². The third kappa shape index (κ3) is 61.4. The van der Waals surface area contributed by atoms with E-state index in [2.05, 4.69) is 141 Å². The van der Waals surface area contributed by atoms with Crippen LogP contribution in [0.3, 0.4) is 0 Å². The van der Waals surface area contributed by atoms with Crippen molar-refractivity contribution in [3.8, 4) is 0 Å².